The second kappa shape index (κ2) is 7.97. The van der Waals surface area contributed by atoms with E-state index < -0.39 is 0 Å². The minimum absolute atomic E-state index is 0.107. The maximum absolute atomic E-state index is 13.3. The number of fused-ring (bicyclic) bond motifs is 1. The largest absolute Gasteiger partial charge is 0.493 e. The average Bonchev–Trinajstić information content (AvgIpc) is 3.50. The number of aromatic nitrogens is 3. The first kappa shape index (κ1) is 20.5. The standard InChI is InChI=1S/C25H28N4O3/c1-16-4-5-20(10-23(16)32-14-19-6-7-19)13-28-18(3)12-29-22(25(28)31)9-8-21(24(29)30)27-11-17(2)26-15-27/h4-5,8-11,15,18-19H,6-7,12-14H2,1-3H3. The van der Waals surface area contributed by atoms with E-state index in [1.54, 1.807) is 27.6 Å². The van der Waals surface area contributed by atoms with Crippen LogP contribution in [0.25, 0.3) is 5.69 Å². The van der Waals surface area contributed by atoms with Gasteiger partial charge in [-0.3, -0.25) is 9.59 Å². The Morgan fingerprint density at radius 2 is 1.94 bits per heavy atom. The highest BCUT2D eigenvalue weighted by atomic mass is 16.5. The second-order valence-corrected chi connectivity index (χ2v) is 9.08. The highest BCUT2D eigenvalue weighted by molar-refractivity contribution is 5.93. The van der Waals surface area contributed by atoms with Gasteiger partial charge in [0.25, 0.3) is 11.5 Å². The van der Waals surface area contributed by atoms with Crippen LogP contribution in [-0.4, -0.2) is 37.6 Å². The number of imidazole rings is 1. The fourth-order valence-corrected chi connectivity index (χ4v) is 4.21. The van der Waals surface area contributed by atoms with Crippen LogP contribution < -0.4 is 10.3 Å². The molecule has 7 nitrogen and oxygen atoms in total. The van der Waals surface area contributed by atoms with Gasteiger partial charge in [-0.25, -0.2) is 4.98 Å². The van der Waals surface area contributed by atoms with Crippen molar-refractivity contribution >= 4 is 5.91 Å². The fourth-order valence-electron chi connectivity index (χ4n) is 4.21. The Hall–Kier alpha value is -3.35. The molecule has 0 N–H and O–H groups in total. The van der Waals surface area contributed by atoms with Crippen LogP contribution in [0.4, 0.5) is 0 Å². The molecule has 0 bridgehead atoms. The zero-order valence-electron chi connectivity index (χ0n) is 18.7. The molecule has 1 aromatic carbocycles. The van der Waals surface area contributed by atoms with Gasteiger partial charge < -0.3 is 18.8 Å². The summed E-state index contributed by atoms with van der Waals surface area (Å²) in [5, 5.41) is 0. The number of aryl methyl sites for hydroxylation is 2. The molecule has 1 fully saturated rings. The van der Waals surface area contributed by atoms with E-state index in [0.717, 1.165) is 29.2 Å². The van der Waals surface area contributed by atoms with Crippen LogP contribution in [0.3, 0.4) is 0 Å². The summed E-state index contributed by atoms with van der Waals surface area (Å²) in [5.74, 6) is 1.45. The number of hydrogen-bond acceptors (Lipinski definition) is 4. The number of amides is 1. The molecule has 0 radical (unpaired) electrons. The number of pyridine rings is 1. The van der Waals surface area contributed by atoms with E-state index in [2.05, 4.69) is 11.1 Å². The Morgan fingerprint density at radius 1 is 1.12 bits per heavy atom. The smallest absolute Gasteiger partial charge is 0.275 e. The maximum atomic E-state index is 13.3. The molecule has 1 unspecified atom stereocenters. The minimum atomic E-state index is -0.175. The van der Waals surface area contributed by atoms with E-state index in [1.807, 2.05) is 44.0 Å². The summed E-state index contributed by atoms with van der Waals surface area (Å²) >= 11 is 0. The topological polar surface area (TPSA) is 69.4 Å². The summed E-state index contributed by atoms with van der Waals surface area (Å²) in [4.78, 5) is 32.5. The van der Waals surface area contributed by atoms with Crippen LogP contribution in [0.1, 0.15) is 47.1 Å². The molecule has 3 heterocycles. The van der Waals surface area contributed by atoms with E-state index in [0.29, 0.717) is 30.4 Å². The zero-order chi connectivity index (χ0) is 22.4. The van der Waals surface area contributed by atoms with Crippen molar-refractivity contribution in [3.05, 3.63) is 75.7 Å². The Morgan fingerprint density at radius 3 is 2.66 bits per heavy atom. The molecule has 5 rings (SSSR count). The van der Waals surface area contributed by atoms with Crippen molar-refractivity contribution in [3.63, 3.8) is 0 Å². The van der Waals surface area contributed by atoms with Crippen LogP contribution in [0.15, 0.2) is 47.7 Å². The SMILES string of the molecule is Cc1cn(-c2ccc3n(c2=O)CC(C)N(Cc2ccc(C)c(OCC4CC4)c2)C3=O)cn1. The third kappa shape index (κ3) is 3.83. The molecule has 32 heavy (non-hydrogen) atoms. The summed E-state index contributed by atoms with van der Waals surface area (Å²) in [7, 11) is 0. The monoisotopic (exact) mass is 432 g/mol. The molecule has 2 aromatic heterocycles. The molecule has 3 aromatic rings. The van der Waals surface area contributed by atoms with E-state index in [4.69, 9.17) is 4.74 Å². The van der Waals surface area contributed by atoms with Gasteiger partial charge in [-0.05, 0) is 68.9 Å². The Kier molecular flexibility index (Phi) is 5.12. The number of benzene rings is 1. The molecule has 1 aliphatic heterocycles. The van der Waals surface area contributed by atoms with Crippen molar-refractivity contribution in [1.29, 1.82) is 0 Å². The van der Waals surface area contributed by atoms with Crippen molar-refractivity contribution in [2.75, 3.05) is 6.61 Å². The van der Waals surface area contributed by atoms with Gasteiger partial charge in [-0.15, -0.1) is 0 Å². The lowest BCUT2D eigenvalue weighted by Gasteiger charge is -2.35. The van der Waals surface area contributed by atoms with Gasteiger partial charge in [0.1, 0.15) is 17.1 Å². The second-order valence-electron chi connectivity index (χ2n) is 9.08. The summed E-state index contributed by atoms with van der Waals surface area (Å²) < 4.78 is 9.32. The predicted octanol–water partition coefficient (Wildman–Crippen LogP) is 3.48. The molecule has 166 valence electrons. The Balaban J connectivity index is 1.40. The van der Waals surface area contributed by atoms with Crippen LogP contribution in [0, 0.1) is 19.8 Å². The first-order valence-electron chi connectivity index (χ1n) is 11.2. The molecule has 0 saturated heterocycles. The molecule has 0 spiro atoms. The highest BCUT2D eigenvalue weighted by Crippen LogP contribution is 2.31. The number of ether oxygens (including phenoxy) is 1. The van der Waals surface area contributed by atoms with E-state index in [9.17, 15) is 9.59 Å². The summed E-state index contributed by atoms with van der Waals surface area (Å²) in [5.41, 5.74) is 3.71. The molecule has 2 aliphatic rings. The third-order valence-electron chi connectivity index (χ3n) is 6.38. The molecular weight excluding hydrogens is 404 g/mol. The molecule has 1 saturated carbocycles. The van der Waals surface area contributed by atoms with Gasteiger partial charge in [0.2, 0.25) is 0 Å². The van der Waals surface area contributed by atoms with Gasteiger partial charge in [0.15, 0.2) is 0 Å². The van der Waals surface area contributed by atoms with Crippen LogP contribution >= 0.6 is 0 Å². The van der Waals surface area contributed by atoms with Crippen molar-refractivity contribution in [1.82, 2.24) is 19.0 Å². The van der Waals surface area contributed by atoms with Crippen molar-refractivity contribution in [2.45, 2.75) is 52.7 Å². The lowest BCUT2D eigenvalue weighted by molar-refractivity contribution is 0.0589. The molecular formula is C25H28N4O3. The quantitative estimate of drug-likeness (QED) is 0.598. The normalized spacial score (nSPS) is 18.0. The highest BCUT2D eigenvalue weighted by Gasteiger charge is 2.31. The van der Waals surface area contributed by atoms with Crippen molar-refractivity contribution in [3.8, 4) is 11.4 Å². The lowest BCUT2D eigenvalue weighted by atomic mass is 10.1. The van der Waals surface area contributed by atoms with Gasteiger partial charge in [0, 0.05) is 25.3 Å². The first-order chi connectivity index (χ1) is 15.4. The van der Waals surface area contributed by atoms with Gasteiger partial charge in [-0.1, -0.05) is 12.1 Å². The maximum Gasteiger partial charge on any atom is 0.275 e. The number of rotatable bonds is 6. The average molecular weight is 433 g/mol. The molecule has 1 aliphatic carbocycles. The number of hydrogen-bond donors (Lipinski definition) is 0. The lowest BCUT2D eigenvalue weighted by Crippen LogP contribution is -2.49. The van der Waals surface area contributed by atoms with Crippen molar-refractivity contribution in [2.24, 2.45) is 5.92 Å². The fraction of sp³-hybridized carbons (Fsp3) is 0.400. The van der Waals surface area contributed by atoms with Crippen LogP contribution in [0.5, 0.6) is 5.75 Å². The first-order valence-corrected chi connectivity index (χ1v) is 11.2. The van der Waals surface area contributed by atoms with Gasteiger partial charge in [-0.2, -0.15) is 0 Å². The van der Waals surface area contributed by atoms with Gasteiger partial charge in [0.05, 0.1) is 18.6 Å². The summed E-state index contributed by atoms with van der Waals surface area (Å²) in [6, 6.07) is 9.48. The predicted molar refractivity (Wildman–Crippen MR) is 121 cm³/mol. The Labute approximate surface area is 187 Å². The van der Waals surface area contributed by atoms with Gasteiger partial charge >= 0.3 is 0 Å². The summed E-state index contributed by atoms with van der Waals surface area (Å²) in [6.45, 7) is 7.61. The van der Waals surface area contributed by atoms with E-state index in [-0.39, 0.29) is 17.5 Å². The number of carbonyl (C=O) groups is 1. The van der Waals surface area contributed by atoms with Crippen LogP contribution in [-0.2, 0) is 13.1 Å². The minimum Gasteiger partial charge on any atom is -0.493 e. The van der Waals surface area contributed by atoms with E-state index in [1.165, 1.54) is 12.8 Å². The number of carbonyl (C=O) groups excluding carboxylic acids is 1. The van der Waals surface area contributed by atoms with E-state index >= 15 is 0 Å². The Bertz CT molecular complexity index is 1240. The summed E-state index contributed by atoms with van der Waals surface area (Å²) in [6.07, 6.45) is 5.93. The third-order valence-corrected chi connectivity index (χ3v) is 6.38. The zero-order valence-corrected chi connectivity index (χ0v) is 18.7. The molecule has 1 atom stereocenters. The van der Waals surface area contributed by atoms with Crippen molar-refractivity contribution < 1.29 is 9.53 Å². The molecule has 7 heteroatoms. The number of nitrogens with zero attached hydrogens (tertiary/aromatic N) is 4. The molecule has 1 amide bonds. The van der Waals surface area contributed by atoms with Crippen LogP contribution in [0.2, 0.25) is 0 Å².